The lowest BCUT2D eigenvalue weighted by Gasteiger charge is -2.26. The topological polar surface area (TPSA) is 106 Å². The van der Waals surface area contributed by atoms with Gasteiger partial charge < -0.3 is 24.5 Å². The number of benzene rings is 2. The lowest BCUT2D eigenvalue weighted by Crippen LogP contribution is -2.26. The average Bonchev–Trinajstić information content (AvgIpc) is 2.76. The predicted molar refractivity (Wildman–Crippen MR) is 128 cm³/mol. The van der Waals surface area contributed by atoms with Gasteiger partial charge >= 0.3 is 10.5 Å². The minimum absolute atomic E-state index is 0.146. The number of aryl methyl sites for hydroxylation is 1. The molecule has 0 unspecified atom stereocenters. The second-order valence-corrected chi connectivity index (χ2v) is 9.26. The molecule has 0 bridgehead atoms. The second-order valence-electron chi connectivity index (χ2n) is 7.90. The van der Waals surface area contributed by atoms with Crippen LogP contribution in [0.1, 0.15) is 16.7 Å². The Hall–Kier alpha value is -3.15. The van der Waals surface area contributed by atoms with E-state index in [2.05, 4.69) is 36.7 Å². The van der Waals surface area contributed by atoms with Crippen LogP contribution in [0.3, 0.4) is 0 Å². The van der Waals surface area contributed by atoms with Crippen molar-refractivity contribution >= 4 is 45.2 Å². The molecule has 3 aromatic rings. The number of fused-ring (bicyclic) bond motifs is 1. The van der Waals surface area contributed by atoms with E-state index < -0.39 is 10.5 Å². The molecule has 0 spiro atoms. The number of aromatic nitrogens is 2. The summed E-state index contributed by atoms with van der Waals surface area (Å²) in [5.41, 5.74) is 4.35. The molecule has 2 N–H and O–H groups in total. The number of likely N-dealkylation sites (N-methyl/N-ethyl adjacent to an activating group) is 1. The van der Waals surface area contributed by atoms with Crippen LogP contribution in [0, 0.1) is 6.92 Å². The number of ether oxygens (including phenoxy) is 1. The standard InChI is InChI=1S/C22H23ClFN5O4S/c1-13-8-16(33-34(24,30)31)4-5-18(13)26-21-17(23)11-25-22(28-21)27-19-9-15-12-29(2)7-6-14(15)10-20(19)32-3/h4-5,8-11H,6-7,12H2,1-3H3,(H2,25,26,27,28). The molecule has 1 aromatic heterocycles. The summed E-state index contributed by atoms with van der Waals surface area (Å²) in [5, 5.41) is 6.55. The zero-order valence-electron chi connectivity index (χ0n) is 18.7. The van der Waals surface area contributed by atoms with Gasteiger partial charge in [0.05, 0.1) is 19.0 Å². The van der Waals surface area contributed by atoms with Crippen LogP contribution < -0.4 is 19.6 Å². The molecule has 180 valence electrons. The van der Waals surface area contributed by atoms with Gasteiger partial charge in [0.1, 0.15) is 16.5 Å². The Labute approximate surface area is 202 Å². The van der Waals surface area contributed by atoms with Crippen LogP contribution in [0.2, 0.25) is 5.02 Å². The summed E-state index contributed by atoms with van der Waals surface area (Å²) in [6.07, 6.45) is 2.41. The van der Waals surface area contributed by atoms with Gasteiger partial charge in [0.15, 0.2) is 5.82 Å². The lowest BCUT2D eigenvalue weighted by atomic mass is 9.99. The van der Waals surface area contributed by atoms with Crippen molar-refractivity contribution in [3.63, 3.8) is 0 Å². The third-order valence-corrected chi connectivity index (χ3v) is 6.03. The Bertz CT molecular complexity index is 1340. The summed E-state index contributed by atoms with van der Waals surface area (Å²) in [4.78, 5) is 11.0. The third-order valence-electron chi connectivity index (χ3n) is 5.36. The molecule has 0 radical (unpaired) electrons. The highest BCUT2D eigenvalue weighted by Gasteiger charge is 2.18. The van der Waals surface area contributed by atoms with Crippen LogP contribution in [0.25, 0.3) is 0 Å². The highest BCUT2D eigenvalue weighted by atomic mass is 35.5. The normalized spacial score (nSPS) is 13.8. The molecule has 12 heteroatoms. The SMILES string of the molecule is COc1cc2c(cc1Nc1ncc(Cl)c(Nc3ccc(OS(=O)(=O)F)cc3C)n1)CN(C)CC2. The molecule has 0 aliphatic carbocycles. The number of nitrogens with one attached hydrogen (secondary N) is 2. The number of anilines is 4. The van der Waals surface area contributed by atoms with Crippen molar-refractivity contribution in [2.75, 3.05) is 31.3 Å². The third kappa shape index (κ3) is 5.66. The molecule has 0 amide bonds. The molecule has 1 aliphatic heterocycles. The maximum absolute atomic E-state index is 12.8. The van der Waals surface area contributed by atoms with E-state index >= 15 is 0 Å². The summed E-state index contributed by atoms with van der Waals surface area (Å²) in [7, 11) is -1.41. The zero-order chi connectivity index (χ0) is 24.5. The van der Waals surface area contributed by atoms with Crippen molar-refractivity contribution in [3.8, 4) is 11.5 Å². The van der Waals surface area contributed by atoms with Crippen LogP contribution >= 0.6 is 11.6 Å². The predicted octanol–water partition coefficient (Wildman–Crippen LogP) is 4.52. The van der Waals surface area contributed by atoms with E-state index in [1.807, 2.05) is 12.1 Å². The van der Waals surface area contributed by atoms with Crippen LogP contribution in [0.5, 0.6) is 11.5 Å². The van der Waals surface area contributed by atoms with Gasteiger partial charge in [0.25, 0.3) is 0 Å². The number of hydrogen-bond donors (Lipinski definition) is 2. The zero-order valence-corrected chi connectivity index (χ0v) is 20.3. The van der Waals surface area contributed by atoms with Gasteiger partial charge in [-0.1, -0.05) is 15.5 Å². The van der Waals surface area contributed by atoms with E-state index in [4.69, 9.17) is 16.3 Å². The van der Waals surface area contributed by atoms with Gasteiger partial charge in [-0.05, 0) is 67.4 Å². The van der Waals surface area contributed by atoms with Crippen LogP contribution in [-0.2, 0) is 23.5 Å². The van der Waals surface area contributed by atoms with E-state index in [0.29, 0.717) is 28.8 Å². The summed E-state index contributed by atoms with van der Waals surface area (Å²) in [6.45, 7) is 3.53. The molecular formula is C22H23ClFN5O4S. The quantitative estimate of drug-likeness (QED) is 0.446. The first-order valence-corrected chi connectivity index (χ1v) is 12.0. The van der Waals surface area contributed by atoms with E-state index in [1.165, 1.54) is 35.5 Å². The van der Waals surface area contributed by atoms with Crippen molar-refractivity contribution in [1.82, 2.24) is 14.9 Å². The Balaban J connectivity index is 1.58. The summed E-state index contributed by atoms with van der Waals surface area (Å²) < 4.78 is 44.0. The molecule has 2 aromatic carbocycles. The Morgan fingerprint density at radius 2 is 1.94 bits per heavy atom. The summed E-state index contributed by atoms with van der Waals surface area (Å²) in [5.74, 6) is 1.17. The monoisotopic (exact) mass is 507 g/mol. The van der Waals surface area contributed by atoms with Crippen LogP contribution in [-0.4, -0.2) is 44.0 Å². The molecule has 1 aliphatic rings. The molecule has 4 rings (SSSR count). The van der Waals surface area contributed by atoms with Gasteiger partial charge in [-0.25, -0.2) is 4.98 Å². The van der Waals surface area contributed by atoms with Gasteiger partial charge in [-0.2, -0.15) is 13.4 Å². The largest absolute Gasteiger partial charge is 0.495 e. The van der Waals surface area contributed by atoms with Crippen molar-refractivity contribution < 1.29 is 21.2 Å². The molecule has 0 fully saturated rings. The summed E-state index contributed by atoms with van der Waals surface area (Å²) in [6, 6.07) is 8.30. The molecule has 2 heterocycles. The van der Waals surface area contributed by atoms with E-state index in [-0.39, 0.29) is 10.8 Å². The first-order valence-electron chi connectivity index (χ1n) is 10.3. The molecule has 0 atom stereocenters. The number of methoxy groups -OCH3 is 1. The number of hydrogen-bond acceptors (Lipinski definition) is 9. The fourth-order valence-electron chi connectivity index (χ4n) is 3.70. The van der Waals surface area contributed by atoms with Crippen LogP contribution in [0.4, 0.5) is 27.0 Å². The maximum Gasteiger partial charge on any atom is 0.488 e. The van der Waals surface area contributed by atoms with Gasteiger partial charge in [-0.3, -0.25) is 0 Å². The van der Waals surface area contributed by atoms with Crippen molar-refractivity contribution in [1.29, 1.82) is 0 Å². The molecule has 9 nitrogen and oxygen atoms in total. The minimum Gasteiger partial charge on any atom is -0.495 e. The molecule has 0 saturated heterocycles. The van der Waals surface area contributed by atoms with E-state index in [9.17, 15) is 12.3 Å². The van der Waals surface area contributed by atoms with Gasteiger partial charge in [-0.15, -0.1) is 0 Å². The first kappa shape index (κ1) is 24.0. The smallest absolute Gasteiger partial charge is 0.488 e. The van der Waals surface area contributed by atoms with Gasteiger partial charge in [0, 0.05) is 18.8 Å². The number of rotatable bonds is 7. The lowest BCUT2D eigenvalue weighted by molar-refractivity contribution is 0.312. The van der Waals surface area contributed by atoms with Crippen LogP contribution in [0.15, 0.2) is 36.5 Å². The highest BCUT2D eigenvalue weighted by molar-refractivity contribution is 7.81. The average molecular weight is 508 g/mol. The Morgan fingerprint density at radius 1 is 1.15 bits per heavy atom. The first-order chi connectivity index (χ1) is 16.1. The fourth-order valence-corrected chi connectivity index (χ4v) is 4.17. The maximum atomic E-state index is 12.8. The number of nitrogens with zero attached hydrogens (tertiary/aromatic N) is 3. The molecule has 34 heavy (non-hydrogen) atoms. The van der Waals surface area contributed by atoms with Gasteiger partial charge in [0.2, 0.25) is 5.95 Å². The van der Waals surface area contributed by atoms with Crippen molar-refractivity contribution in [2.45, 2.75) is 19.9 Å². The summed E-state index contributed by atoms with van der Waals surface area (Å²) >= 11 is 6.29. The minimum atomic E-state index is -5.11. The fraction of sp³-hybridized carbons (Fsp3) is 0.273. The Morgan fingerprint density at radius 3 is 2.65 bits per heavy atom. The van der Waals surface area contributed by atoms with E-state index in [1.54, 1.807) is 14.0 Å². The second kappa shape index (κ2) is 9.61. The highest BCUT2D eigenvalue weighted by Crippen LogP contribution is 2.34. The Kier molecular flexibility index (Phi) is 6.78. The molecular weight excluding hydrogens is 485 g/mol. The van der Waals surface area contributed by atoms with E-state index in [0.717, 1.165) is 25.2 Å². The van der Waals surface area contributed by atoms with Crippen molar-refractivity contribution in [3.05, 3.63) is 58.2 Å². The number of halogens is 2. The molecule has 0 saturated carbocycles. The van der Waals surface area contributed by atoms with Crippen molar-refractivity contribution in [2.24, 2.45) is 0 Å².